The lowest BCUT2D eigenvalue weighted by atomic mass is 10.1. The number of ether oxygens (including phenoxy) is 1. The first-order valence-electron chi connectivity index (χ1n) is 7.51. The van der Waals surface area contributed by atoms with Gasteiger partial charge in [-0.2, -0.15) is 0 Å². The number of morpholine rings is 1. The zero-order chi connectivity index (χ0) is 14.2. The molecule has 20 heavy (non-hydrogen) atoms. The van der Waals surface area contributed by atoms with Gasteiger partial charge in [-0.25, -0.2) is 0 Å². The van der Waals surface area contributed by atoms with E-state index in [1.165, 1.54) is 24.8 Å². The molecule has 0 bridgehead atoms. The predicted octanol–water partition coefficient (Wildman–Crippen LogP) is 2.35. The van der Waals surface area contributed by atoms with Crippen LogP contribution in [0.15, 0.2) is 24.3 Å². The lowest BCUT2D eigenvalue weighted by Gasteiger charge is -2.22. The van der Waals surface area contributed by atoms with Gasteiger partial charge in [-0.05, 0) is 30.5 Å². The van der Waals surface area contributed by atoms with Crippen molar-refractivity contribution in [3.63, 3.8) is 0 Å². The lowest BCUT2D eigenvalue weighted by Crippen LogP contribution is -2.45. The number of carbonyl (C=O) groups is 1. The lowest BCUT2D eigenvalue weighted by molar-refractivity contribution is -0.128. The molecule has 0 aromatic heterocycles. The van der Waals surface area contributed by atoms with Crippen LogP contribution in [0, 0.1) is 0 Å². The molecule has 4 heteroatoms. The van der Waals surface area contributed by atoms with Gasteiger partial charge < -0.3 is 15.4 Å². The van der Waals surface area contributed by atoms with Crippen LogP contribution < -0.4 is 10.6 Å². The van der Waals surface area contributed by atoms with Crippen LogP contribution in [0.25, 0.3) is 0 Å². The summed E-state index contributed by atoms with van der Waals surface area (Å²) in [5.41, 5.74) is 2.16. The molecule has 0 saturated carbocycles. The van der Waals surface area contributed by atoms with E-state index < -0.39 is 0 Å². The summed E-state index contributed by atoms with van der Waals surface area (Å²) in [5.74, 6) is -0.0732. The van der Waals surface area contributed by atoms with Crippen LogP contribution in [0.5, 0.6) is 0 Å². The minimum Gasteiger partial charge on any atom is -0.366 e. The molecule has 110 valence electrons. The number of hydrogen-bond donors (Lipinski definition) is 2. The van der Waals surface area contributed by atoms with Crippen LogP contribution in [-0.4, -0.2) is 31.7 Å². The number of unbranched alkanes of at least 4 members (excludes halogenated alkanes) is 2. The first-order valence-corrected chi connectivity index (χ1v) is 7.51. The average molecular weight is 276 g/mol. The number of amides is 1. The number of aryl methyl sites for hydroxylation is 1. The summed E-state index contributed by atoms with van der Waals surface area (Å²) in [6.07, 6.45) is 4.46. The van der Waals surface area contributed by atoms with Crippen molar-refractivity contribution >= 4 is 11.6 Å². The van der Waals surface area contributed by atoms with Crippen LogP contribution in [0.2, 0.25) is 0 Å². The summed E-state index contributed by atoms with van der Waals surface area (Å²) in [5, 5.41) is 6.06. The number of anilines is 1. The fourth-order valence-corrected chi connectivity index (χ4v) is 2.29. The number of hydrogen-bond acceptors (Lipinski definition) is 3. The third-order valence-electron chi connectivity index (χ3n) is 3.51. The van der Waals surface area contributed by atoms with Crippen molar-refractivity contribution in [3.8, 4) is 0 Å². The Bertz CT molecular complexity index is 411. The van der Waals surface area contributed by atoms with Gasteiger partial charge >= 0.3 is 0 Å². The van der Waals surface area contributed by atoms with Crippen LogP contribution in [0.3, 0.4) is 0 Å². The van der Waals surface area contributed by atoms with Crippen molar-refractivity contribution in [2.75, 3.05) is 25.0 Å². The second-order valence-corrected chi connectivity index (χ2v) is 5.21. The van der Waals surface area contributed by atoms with Crippen LogP contribution >= 0.6 is 0 Å². The van der Waals surface area contributed by atoms with Gasteiger partial charge in [-0.3, -0.25) is 4.79 Å². The van der Waals surface area contributed by atoms with Crippen molar-refractivity contribution in [2.45, 2.75) is 38.7 Å². The average Bonchev–Trinajstić information content (AvgIpc) is 2.50. The van der Waals surface area contributed by atoms with Gasteiger partial charge in [0.15, 0.2) is 0 Å². The van der Waals surface area contributed by atoms with Gasteiger partial charge in [0.25, 0.3) is 5.91 Å². The molecule has 1 unspecified atom stereocenters. The van der Waals surface area contributed by atoms with E-state index in [-0.39, 0.29) is 12.0 Å². The zero-order valence-corrected chi connectivity index (χ0v) is 12.2. The highest BCUT2D eigenvalue weighted by Crippen LogP contribution is 2.13. The smallest absolute Gasteiger partial charge is 0.254 e. The second kappa shape index (κ2) is 8.02. The highest BCUT2D eigenvalue weighted by molar-refractivity contribution is 5.94. The molecule has 2 N–H and O–H groups in total. The molecule has 0 aliphatic carbocycles. The highest BCUT2D eigenvalue weighted by atomic mass is 16.5. The Labute approximate surface area is 120 Å². The Hall–Kier alpha value is -1.39. The van der Waals surface area contributed by atoms with Gasteiger partial charge in [-0.15, -0.1) is 0 Å². The molecule has 4 nitrogen and oxygen atoms in total. The first kappa shape index (κ1) is 15.0. The van der Waals surface area contributed by atoms with Crippen LogP contribution in [-0.2, 0) is 16.0 Å². The summed E-state index contributed by atoms with van der Waals surface area (Å²) < 4.78 is 5.43. The van der Waals surface area contributed by atoms with Crippen LogP contribution in [0.1, 0.15) is 31.7 Å². The van der Waals surface area contributed by atoms with Gasteiger partial charge in [0.05, 0.1) is 6.61 Å². The molecule has 1 amide bonds. The molecular formula is C16H24N2O2. The maximum Gasteiger partial charge on any atom is 0.254 e. The normalized spacial score (nSPS) is 18.8. The zero-order valence-electron chi connectivity index (χ0n) is 12.2. The van der Waals surface area contributed by atoms with Gasteiger partial charge in [0, 0.05) is 18.8 Å². The molecular weight excluding hydrogens is 252 g/mol. The molecule has 0 radical (unpaired) electrons. The third-order valence-corrected chi connectivity index (χ3v) is 3.51. The first-order chi connectivity index (χ1) is 9.79. The number of carbonyl (C=O) groups excluding carboxylic acids is 1. The van der Waals surface area contributed by atoms with E-state index in [9.17, 15) is 4.79 Å². The van der Waals surface area contributed by atoms with Crippen molar-refractivity contribution in [1.82, 2.24) is 5.32 Å². The van der Waals surface area contributed by atoms with Crippen LogP contribution in [0.4, 0.5) is 5.69 Å². The fraction of sp³-hybridized carbons (Fsp3) is 0.562. The quantitative estimate of drug-likeness (QED) is 0.784. The van der Waals surface area contributed by atoms with Crippen molar-refractivity contribution in [2.24, 2.45) is 0 Å². The summed E-state index contributed by atoms with van der Waals surface area (Å²) in [6.45, 7) is 4.20. The molecule has 1 saturated heterocycles. The van der Waals surface area contributed by atoms with Gasteiger partial charge in [0.1, 0.15) is 6.10 Å². The standard InChI is InChI=1S/C16H24N2O2/c1-2-3-4-5-13-6-8-14(9-7-13)18-16(19)15-12-17-10-11-20-15/h6-9,15,17H,2-5,10-12H2,1H3,(H,18,19). The van der Waals surface area contributed by atoms with E-state index in [0.717, 1.165) is 18.7 Å². The van der Waals surface area contributed by atoms with Gasteiger partial charge in [0.2, 0.25) is 0 Å². The summed E-state index contributed by atoms with van der Waals surface area (Å²) >= 11 is 0. The van der Waals surface area contributed by atoms with Crippen molar-refractivity contribution in [3.05, 3.63) is 29.8 Å². The van der Waals surface area contributed by atoms with E-state index in [1.54, 1.807) is 0 Å². The fourth-order valence-electron chi connectivity index (χ4n) is 2.29. The maximum atomic E-state index is 12.0. The van der Waals surface area contributed by atoms with Crippen molar-refractivity contribution < 1.29 is 9.53 Å². The molecule has 1 aromatic carbocycles. The topological polar surface area (TPSA) is 50.4 Å². The Kier molecular flexibility index (Phi) is 6.02. The molecule has 1 heterocycles. The van der Waals surface area contributed by atoms with Crippen molar-refractivity contribution in [1.29, 1.82) is 0 Å². The molecule has 2 rings (SSSR count). The van der Waals surface area contributed by atoms with E-state index >= 15 is 0 Å². The van der Waals surface area contributed by atoms with E-state index in [4.69, 9.17) is 4.74 Å². The maximum absolute atomic E-state index is 12.0. The number of benzene rings is 1. The summed E-state index contributed by atoms with van der Waals surface area (Å²) in [6, 6.07) is 8.11. The molecule has 0 spiro atoms. The Morgan fingerprint density at radius 1 is 1.35 bits per heavy atom. The Morgan fingerprint density at radius 2 is 2.15 bits per heavy atom. The largest absolute Gasteiger partial charge is 0.366 e. The molecule has 1 aliphatic heterocycles. The molecule has 1 fully saturated rings. The van der Waals surface area contributed by atoms with E-state index in [2.05, 4.69) is 29.7 Å². The van der Waals surface area contributed by atoms with E-state index in [0.29, 0.717) is 13.2 Å². The highest BCUT2D eigenvalue weighted by Gasteiger charge is 2.21. The molecule has 1 atom stereocenters. The minimum absolute atomic E-state index is 0.0732. The van der Waals surface area contributed by atoms with Gasteiger partial charge in [-0.1, -0.05) is 31.9 Å². The summed E-state index contributed by atoms with van der Waals surface area (Å²) in [4.78, 5) is 12.0. The van der Waals surface area contributed by atoms with E-state index in [1.807, 2.05) is 12.1 Å². The predicted molar refractivity (Wildman–Crippen MR) is 80.9 cm³/mol. The number of nitrogens with one attached hydrogen (secondary N) is 2. The monoisotopic (exact) mass is 276 g/mol. The summed E-state index contributed by atoms with van der Waals surface area (Å²) in [7, 11) is 0. The number of rotatable bonds is 6. The molecule has 1 aromatic rings. The Morgan fingerprint density at radius 3 is 2.80 bits per heavy atom. The SMILES string of the molecule is CCCCCc1ccc(NC(=O)C2CNCCO2)cc1. The third kappa shape index (κ3) is 4.62. The minimum atomic E-state index is -0.381. The Balaban J connectivity index is 1.81. The second-order valence-electron chi connectivity index (χ2n) is 5.21. The molecule has 1 aliphatic rings.